The lowest BCUT2D eigenvalue weighted by molar-refractivity contribution is -0.139. The Balaban J connectivity index is 1.96. The molecule has 150 valence electrons. The van der Waals surface area contributed by atoms with E-state index in [2.05, 4.69) is 5.32 Å². The standard InChI is InChI=1S/C22H21NO6/c1-4-28-22(25)19-20(24)18(29-21(19)23-15-8-6-5-7-9-15)12-14-10-16(26-2)13-17(11-14)27-3/h5-13,23H,4H2,1-3H3/b18-12-. The fourth-order valence-electron chi connectivity index (χ4n) is 2.72. The van der Waals surface area contributed by atoms with Crippen LogP contribution < -0.4 is 14.8 Å². The summed E-state index contributed by atoms with van der Waals surface area (Å²) < 4.78 is 21.2. The SMILES string of the molecule is CCOC(=O)C1=C(Nc2ccccc2)O/C(=C\c2cc(OC)cc(OC)c2)C1=O. The van der Waals surface area contributed by atoms with Gasteiger partial charge in [0.25, 0.3) is 0 Å². The summed E-state index contributed by atoms with van der Waals surface area (Å²) in [5, 5.41) is 2.97. The minimum Gasteiger partial charge on any atom is -0.497 e. The fraction of sp³-hybridized carbons (Fsp3) is 0.182. The summed E-state index contributed by atoms with van der Waals surface area (Å²) in [4.78, 5) is 25.2. The van der Waals surface area contributed by atoms with Crippen LogP contribution in [0.15, 0.2) is 65.7 Å². The molecule has 0 aliphatic carbocycles. The maximum absolute atomic E-state index is 12.9. The Morgan fingerprint density at radius 1 is 1.07 bits per heavy atom. The number of esters is 1. The summed E-state index contributed by atoms with van der Waals surface area (Å²) in [5.41, 5.74) is 1.10. The van der Waals surface area contributed by atoms with Gasteiger partial charge in [-0.05, 0) is 42.8 Å². The van der Waals surface area contributed by atoms with Crippen LogP contribution in [0.2, 0.25) is 0 Å². The normalized spacial score (nSPS) is 14.6. The van der Waals surface area contributed by atoms with Crippen LogP contribution in [0.5, 0.6) is 11.5 Å². The van der Waals surface area contributed by atoms with Crippen LogP contribution in [0.3, 0.4) is 0 Å². The molecule has 0 spiro atoms. The van der Waals surface area contributed by atoms with E-state index in [0.29, 0.717) is 22.7 Å². The largest absolute Gasteiger partial charge is 0.497 e. The van der Waals surface area contributed by atoms with Gasteiger partial charge in [-0.2, -0.15) is 0 Å². The summed E-state index contributed by atoms with van der Waals surface area (Å²) in [5.74, 6) is -0.181. The summed E-state index contributed by atoms with van der Waals surface area (Å²) >= 11 is 0. The molecule has 0 unspecified atom stereocenters. The molecule has 0 saturated carbocycles. The smallest absolute Gasteiger partial charge is 0.347 e. The monoisotopic (exact) mass is 395 g/mol. The van der Waals surface area contributed by atoms with Crippen LogP contribution in [0.4, 0.5) is 5.69 Å². The molecule has 1 aliphatic heterocycles. The zero-order chi connectivity index (χ0) is 20.8. The lowest BCUT2D eigenvalue weighted by atomic mass is 10.1. The molecular formula is C22H21NO6. The van der Waals surface area contributed by atoms with Gasteiger partial charge in [0.2, 0.25) is 11.7 Å². The van der Waals surface area contributed by atoms with Crippen molar-refractivity contribution < 1.29 is 28.5 Å². The van der Waals surface area contributed by atoms with Gasteiger partial charge in [0.05, 0.1) is 20.8 Å². The highest BCUT2D eigenvalue weighted by Crippen LogP contribution is 2.30. The Labute approximate surface area is 168 Å². The number of Topliss-reactive ketones (excluding diaryl/α,β-unsaturated/α-hetero) is 1. The van der Waals surface area contributed by atoms with E-state index >= 15 is 0 Å². The van der Waals surface area contributed by atoms with Crippen LogP contribution in [-0.4, -0.2) is 32.6 Å². The summed E-state index contributed by atoms with van der Waals surface area (Å²) in [6, 6.07) is 14.2. The van der Waals surface area contributed by atoms with Crippen molar-refractivity contribution in [3.8, 4) is 11.5 Å². The number of ether oxygens (including phenoxy) is 4. The third kappa shape index (κ3) is 4.57. The van der Waals surface area contributed by atoms with Gasteiger partial charge in [0.1, 0.15) is 11.5 Å². The highest BCUT2D eigenvalue weighted by molar-refractivity contribution is 6.26. The maximum atomic E-state index is 12.9. The second kappa shape index (κ2) is 8.97. The highest BCUT2D eigenvalue weighted by atomic mass is 16.5. The van der Waals surface area contributed by atoms with Gasteiger partial charge in [-0.1, -0.05) is 18.2 Å². The van der Waals surface area contributed by atoms with Gasteiger partial charge < -0.3 is 24.3 Å². The molecule has 0 aromatic heterocycles. The number of ketones is 1. The fourth-order valence-corrected chi connectivity index (χ4v) is 2.72. The van der Waals surface area contributed by atoms with Crippen molar-refractivity contribution in [1.82, 2.24) is 0 Å². The van der Waals surface area contributed by atoms with Crippen molar-refractivity contribution >= 4 is 23.5 Å². The van der Waals surface area contributed by atoms with Crippen LogP contribution in [0, 0.1) is 0 Å². The Morgan fingerprint density at radius 2 is 1.72 bits per heavy atom. The number of allylic oxidation sites excluding steroid dienone is 1. The van der Waals surface area contributed by atoms with E-state index < -0.39 is 11.8 Å². The Kier molecular flexibility index (Phi) is 6.19. The van der Waals surface area contributed by atoms with Crippen molar-refractivity contribution in [2.45, 2.75) is 6.92 Å². The quantitative estimate of drug-likeness (QED) is 0.436. The topological polar surface area (TPSA) is 83.1 Å². The number of anilines is 1. The Hall–Kier alpha value is -3.74. The number of carbonyl (C=O) groups is 2. The van der Waals surface area contributed by atoms with Crippen molar-refractivity contribution in [1.29, 1.82) is 0 Å². The van der Waals surface area contributed by atoms with E-state index in [4.69, 9.17) is 18.9 Å². The highest BCUT2D eigenvalue weighted by Gasteiger charge is 2.37. The number of para-hydroxylation sites is 1. The third-order valence-electron chi connectivity index (χ3n) is 4.07. The van der Waals surface area contributed by atoms with Crippen molar-refractivity contribution in [2.24, 2.45) is 0 Å². The van der Waals surface area contributed by atoms with Gasteiger partial charge in [-0.3, -0.25) is 4.79 Å². The molecule has 0 amide bonds. The van der Waals surface area contributed by atoms with Gasteiger partial charge >= 0.3 is 5.97 Å². The number of carbonyl (C=O) groups excluding carboxylic acids is 2. The number of rotatable bonds is 7. The van der Waals surface area contributed by atoms with Crippen molar-refractivity contribution in [2.75, 3.05) is 26.1 Å². The van der Waals surface area contributed by atoms with E-state index in [-0.39, 0.29) is 23.8 Å². The lowest BCUT2D eigenvalue weighted by Gasteiger charge is -2.09. The zero-order valence-electron chi connectivity index (χ0n) is 16.4. The average molecular weight is 395 g/mol. The Morgan fingerprint density at radius 3 is 2.31 bits per heavy atom. The number of hydrogen-bond acceptors (Lipinski definition) is 7. The molecule has 29 heavy (non-hydrogen) atoms. The first-order chi connectivity index (χ1) is 14.0. The van der Waals surface area contributed by atoms with Crippen LogP contribution >= 0.6 is 0 Å². The van der Waals surface area contributed by atoms with E-state index in [1.54, 1.807) is 37.3 Å². The molecule has 0 bridgehead atoms. The van der Waals surface area contributed by atoms with E-state index in [9.17, 15) is 9.59 Å². The van der Waals surface area contributed by atoms with E-state index in [1.807, 2.05) is 18.2 Å². The molecule has 1 aliphatic rings. The van der Waals surface area contributed by atoms with Gasteiger partial charge in [-0.25, -0.2) is 4.79 Å². The van der Waals surface area contributed by atoms with E-state index in [1.165, 1.54) is 20.3 Å². The van der Waals surface area contributed by atoms with Crippen molar-refractivity contribution in [3.63, 3.8) is 0 Å². The molecule has 1 heterocycles. The zero-order valence-corrected chi connectivity index (χ0v) is 16.4. The summed E-state index contributed by atoms with van der Waals surface area (Å²) in [7, 11) is 3.07. The molecule has 7 nitrogen and oxygen atoms in total. The van der Waals surface area contributed by atoms with Crippen LogP contribution in [0.25, 0.3) is 6.08 Å². The number of benzene rings is 2. The molecular weight excluding hydrogens is 374 g/mol. The predicted molar refractivity (Wildman–Crippen MR) is 107 cm³/mol. The first-order valence-electron chi connectivity index (χ1n) is 8.96. The maximum Gasteiger partial charge on any atom is 0.347 e. The molecule has 1 N–H and O–H groups in total. The molecule has 0 saturated heterocycles. The lowest BCUT2D eigenvalue weighted by Crippen LogP contribution is -2.16. The molecule has 7 heteroatoms. The predicted octanol–water partition coefficient (Wildman–Crippen LogP) is 3.53. The third-order valence-corrected chi connectivity index (χ3v) is 4.07. The molecule has 3 rings (SSSR count). The number of methoxy groups -OCH3 is 2. The molecule has 0 radical (unpaired) electrons. The molecule has 2 aromatic carbocycles. The molecule has 2 aromatic rings. The van der Waals surface area contributed by atoms with Crippen LogP contribution in [0.1, 0.15) is 12.5 Å². The van der Waals surface area contributed by atoms with Crippen molar-refractivity contribution in [3.05, 3.63) is 71.3 Å². The second-order valence-corrected chi connectivity index (χ2v) is 6.00. The van der Waals surface area contributed by atoms with Gasteiger partial charge in [-0.15, -0.1) is 0 Å². The summed E-state index contributed by atoms with van der Waals surface area (Å²) in [6.07, 6.45) is 1.52. The van der Waals surface area contributed by atoms with Crippen LogP contribution in [-0.2, 0) is 19.1 Å². The molecule has 0 fully saturated rings. The number of nitrogens with one attached hydrogen (secondary N) is 1. The van der Waals surface area contributed by atoms with Gasteiger partial charge in [0, 0.05) is 11.8 Å². The number of hydrogen-bond donors (Lipinski definition) is 1. The van der Waals surface area contributed by atoms with Gasteiger partial charge in [0.15, 0.2) is 11.3 Å². The first kappa shape index (κ1) is 20.0. The molecule has 0 atom stereocenters. The second-order valence-electron chi connectivity index (χ2n) is 6.00. The minimum atomic E-state index is -0.748. The minimum absolute atomic E-state index is 0.0122. The Bertz CT molecular complexity index is 956. The first-order valence-corrected chi connectivity index (χ1v) is 8.96. The summed E-state index contributed by atoms with van der Waals surface area (Å²) in [6.45, 7) is 1.81. The van der Waals surface area contributed by atoms with E-state index in [0.717, 1.165) is 0 Å². The average Bonchev–Trinajstić information content (AvgIpc) is 3.03.